The predicted molar refractivity (Wildman–Crippen MR) is 139 cm³/mol. The van der Waals surface area contributed by atoms with E-state index in [1.54, 1.807) is 18.2 Å². The molecule has 1 amide bonds. The van der Waals surface area contributed by atoms with Gasteiger partial charge in [-0.25, -0.2) is 22.8 Å². The molecule has 0 saturated carbocycles. The highest BCUT2D eigenvalue weighted by molar-refractivity contribution is 7.91. The lowest BCUT2D eigenvalue weighted by atomic mass is 9.99. The molecule has 206 valence electrons. The van der Waals surface area contributed by atoms with E-state index in [0.29, 0.717) is 5.56 Å². The van der Waals surface area contributed by atoms with Crippen molar-refractivity contribution in [2.75, 3.05) is 11.1 Å². The van der Waals surface area contributed by atoms with Gasteiger partial charge in [-0.2, -0.15) is 13.2 Å². The van der Waals surface area contributed by atoms with E-state index in [9.17, 15) is 35.6 Å². The van der Waals surface area contributed by atoms with Crippen molar-refractivity contribution >= 4 is 39.1 Å². The number of benzene rings is 3. The van der Waals surface area contributed by atoms with Crippen molar-refractivity contribution < 1.29 is 35.6 Å². The highest BCUT2D eigenvalue weighted by Crippen LogP contribution is 2.28. The Hall–Kier alpha value is -4.16. The van der Waals surface area contributed by atoms with E-state index in [-0.39, 0.29) is 39.8 Å². The quantitative estimate of drug-likeness (QED) is 0.209. The highest BCUT2D eigenvalue weighted by atomic mass is 35.5. The number of rotatable bonds is 8. The number of hydrogen-bond acceptors (Lipinski definition) is 6. The number of ketones is 1. The second-order valence-electron chi connectivity index (χ2n) is 8.52. The summed E-state index contributed by atoms with van der Waals surface area (Å²) in [6, 6.07) is 16.1. The second-order valence-corrected chi connectivity index (χ2v) is 10.9. The summed E-state index contributed by atoms with van der Waals surface area (Å²) in [5.41, 5.74) is 0.406. The minimum Gasteiger partial charge on any atom is -0.294 e. The maximum absolute atomic E-state index is 14.6. The summed E-state index contributed by atoms with van der Waals surface area (Å²) in [5.74, 6) is -4.15. The molecule has 40 heavy (non-hydrogen) atoms. The minimum atomic E-state index is -4.90. The Morgan fingerprint density at radius 3 is 2.27 bits per heavy atom. The third-order valence-corrected chi connectivity index (χ3v) is 7.44. The molecule has 3 aromatic carbocycles. The summed E-state index contributed by atoms with van der Waals surface area (Å²) in [6.07, 6.45) is -4.01. The molecule has 0 fully saturated rings. The molecule has 4 aromatic rings. The van der Waals surface area contributed by atoms with Crippen LogP contribution in [0.25, 0.3) is 11.1 Å². The van der Waals surface area contributed by atoms with Gasteiger partial charge in [-0.3, -0.25) is 14.9 Å². The first-order valence-electron chi connectivity index (χ1n) is 11.4. The first kappa shape index (κ1) is 28.8. The Morgan fingerprint density at radius 2 is 1.62 bits per heavy atom. The number of carbonyl (C=O) groups is 2. The van der Waals surface area contributed by atoms with Crippen molar-refractivity contribution in [2.45, 2.75) is 17.5 Å². The number of alkyl halides is 3. The number of anilines is 1. The topological polar surface area (TPSA) is 106 Å². The van der Waals surface area contributed by atoms with Gasteiger partial charge in [0.15, 0.2) is 15.6 Å². The van der Waals surface area contributed by atoms with Crippen LogP contribution in [0.1, 0.15) is 21.6 Å². The molecule has 1 N–H and O–H groups in total. The van der Waals surface area contributed by atoms with Gasteiger partial charge in [-0.1, -0.05) is 54.1 Å². The molecule has 4 rings (SSSR count). The molecule has 0 radical (unpaired) electrons. The van der Waals surface area contributed by atoms with Crippen LogP contribution in [0.5, 0.6) is 0 Å². The Kier molecular flexibility index (Phi) is 8.31. The minimum absolute atomic E-state index is 0.0614. The summed E-state index contributed by atoms with van der Waals surface area (Å²) in [4.78, 5) is 33.6. The van der Waals surface area contributed by atoms with Crippen LogP contribution < -0.4 is 5.32 Å². The monoisotopic (exact) mass is 591 g/mol. The first-order valence-corrected chi connectivity index (χ1v) is 13.5. The van der Waals surface area contributed by atoms with Crippen LogP contribution in [0.4, 0.5) is 23.5 Å². The van der Waals surface area contributed by atoms with Gasteiger partial charge in [0, 0.05) is 27.9 Å². The van der Waals surface area contributed by atoms with Crippen molar-refractivity contribution in [1.82, 2.24) is 9.97 Å². The van der Waals surface area contributed by atoms with E-state index in [2.05, 4.69) is 15.3 Å². The van der Waals surface area contributed by atoms with E-state index >= 15 is 0 Å². The van der Waals surface area contributed by atoms with Gasteiger partial charge in [0.1, 0.15) is 11.5 Å². The molecule has 0 aliphatic heterocycles. The largest absolute Gasteiger partial charge is 0.403 e. The SMILES string of the molecule is O=C(Cc1ccc(S(=O)(=O)CC(F)(F)F)cc1)Nc1ncc(-c2ccccc2F)c(C(=O)c2cccc(Cl)c2)n1. The third-order valence-electron chi connectivity index (χ3n) is 5.51. The number of nitrogens with zero attached hydrogens (tertiary/aromatic N) is 2. The molecule has 0 aliphatic carbocycles. The lowest BCUT2D eigenvalue weighted by Gasteiger charge is -2.12. The number of hydrogen-bond donors (Lipinski definition) is 1. The molecule has 0 unspecified atom stereocenters. The Morgan fingerprint density at radius 1 is 0.925 bits per heavy atom. The van der Waals surface area contributed by atoms with Gasteiger partial charge in [0.2, 0.25) is 17.6 Å². The number of aromatic nitrogens is 2. The molecule has 7 nitrogen and oxygen atoms in total. The Balaban J connectivity index is 1.58. The standard InChI is InChI=1S/C27H18ClF4N3O4S/c28-18-5-3-4-17(13-18)25(37)24-21(20-6-1-2-7-22(20)29)14-33-26(35-24)34-23(36)12-16-8-10-19(11-9-16)40(38,39)15-27(30,31)32/h1-11,13-14H,12,15H2,(H,33,34,35,36). The molecule has 0 saturated heterocycles. The Bertz CT molecular complexity index is 1700. The molecular formula is C27H18ClF4N3O4S. The summed E-state index contributed by atoms with van der Waals surface area (Å²) in [7, 11) is -4.59. The zero-order valence-electron chi connectivity index (χ0n) is 20.2. The highest BCUT2D eigenvalue weighted by Gasteiger charge is 2.36. The molecule has 0 bridgehead atoms. The van der Waals surface area contributed by atoms with E-state index in [1.807, 2.05) is 0 Å². The number of carbonyl (C=O) groups excluding carboxylic acids is 2. The molecule has 1 heterocycles. The lowest BCUT2D eigenvalue weighted by Crippen LogP contribution is -2.23. The van der Waals surface area contributed by atoms with Crippen LogP contribution in [0.2, 0.25) is 5.02 Å². The molecule has 0 spiro atoms. The van der Waals surface area contributed by atoms with Gasteiger partial charge >= 0.3 is 6.18 Å². The predicted octanol–water partition coefficient (Wildman–Crippen LogP) is 5.68. The number of halogens is 5. The smallest absolute Gasteiger partial charge is 0.294 e. The van der Waals surface area contributed by atoms with Crippen molar-refractivity contribution in [1.29, 1.82) is 0 Å². The van der Waals surface area contributed by atoms with Gasteiger partial charge in [-0.15, -0.1) is 0 Å². The molecule has 0 atom stereocenters. The summed E-state index contributed by atoms with van der Waals surface area (Å²) in [5, 5.41) is 2.71. The fourth-order valence-corrected chi connectivity index (χ4v) is 5.06. The first-order chi connectivity index (χ1) is 18.8. The number of sulfone groups is 1. The van der Waals surface area contributed by atoms with Crippen LogP contribution in [0.15, 0.2) is 83.9 Å². The maximum Gasteiger partial charge on any atom is 0.403 e. The Labute approximate surface area is 230 Å². The van der Waals surface area contributed by atoms with Gasteiger partial charge in [-0.05, 0) is 35.9 Å². The molecule has 1 aromatic heterocycles. The van der Waals surface area contributed by atoms with Crippen LogP contribution in [-0.2, 0) is 21.1 Å². The zero-order valence-corrected chi connectivity index (χ0v) is 21.8. The zero-order chi connectivity index (χ0) is 29.1. The summed E-state index contributed by atoms with van der Waals surface area (Å²) in [6.45, 7) is 0. The van der Waals surface area contributed by atoms with Gasteiger partial charge < -0.3 is 0 Å². The van der Waals surface area contributed by atoms with Crippen molar-refractivity contribution in [3.8, 4) is 11.1 Å². The van der Waals surface area contributed by atoms with E-state index in [1.165, 1.54) is 48.7 Å². The number of amides is 1. The maximum atomic E-state index is 14.6. The van der Waals surface area contributed by atoms with Crippen molar-refractivity contribution in [3.63, 3.8) is 0 Å². The lowest BCUT2D eigenvalue weighted by molar-refractivity contribution is -0.115. The second kappa shape index (κ2) is 11.5. The van der Waals surface area contributed by atoms with E-state index < -0.39 is 44.2 Å². The van der Waals surface area contributed by atoms with Crippen molar-refractivity contribution in [3.05, 3.63) is 107 Å². The average molecular weight is 592 g/mol. The molecule has 0 aliphatic rings. The summed E-state index contributed by atoms with van der Waals surface area (Å²) >= 11 is 6.01. The van der Waals surface area contributed by atoms with Crippen LogP contribution in [0.3, 0.4) is 0 Å². The summed E-state index contributed by atoms with van der Waals surface area (Å²) < 4.78 is 76.0. The fraction of sp³-hybridized carbons (Fsp3) is 0.111. The number of nitrogens with one attached hydrogen (secondary N) is 1. The average Bonchev–Trinajstić information content (AvgIpc) is 2.87. The van der Waals surface area contributed by atoms with Crippen LogP contribution in [0, 0.1) is 5.82 Å². The van der Waals surface area contributed by atoms with Gasteiger partial charge in [0.05, 0.1) is 11.3 Å². The van der Waals surface area contributed by atoms with Crippen molar-refractivity contribution in [2.24, 2.45) is 0 Å². The van der Waals surface area contributed by atoms with E-state index in [4.69, 9.17) is 11.6 Å². The fourth-order valence-electron chi connectivity index (χ4n) is 3.73. The van der Waals surface area contributed by atoms with Gasteiger partial charge in [0.25, 0.3) is 0 Å². The molecule has 13 heteroatoms. The third kappa shape index (κ3) is 7.07. The molecular weight excluding hydrogens is 574 g/mol. The van der Waals surface area contributed by atoms with E-state index in [0.717, 1.165) is 12.1 Å². The van der Waals surface area contributed by atoms with Crippen LogP contribution in [-0.4, -0.2) is 42.0 Å². The normalized spacial score (nSPS) is 11.7. The van der Waals surface area contributed by atoms with Crippen LogP contribution >= 0.6 is 11.6 Å².